The molecule has 1 spiro atoms. The monoisotopic (exact) mass is 325 g/mol. The van der Waals surface area contributed by atoms with Gasteiger partial charge in [0.05, 0.1) is 22.8 Å². The number of carboxylic acids is 1. The zero-order valence-electron chi connectivity index (χ0n) is 12.6. The second-order valence-electron chi connectivity index (χ2n) is 6.09. The molecular formula is C15H20ClN3O3. The molecule has 2 fully saturated rings. The van der Waals surface area contributed by atoms with Crippen molar-refractivity contribution in [1.29, 1.82) is 0 Å². The maximum Gasteiger partial charge on any atom is 0.337 e. The first-order valence-corrected chi connectivity index (χ1v) is 7.83. The summed E-state index contributed by atoms with van der Waals surface area (Å²) >= 11 is 6.24. The average molecular weight is 326 g/mol. The van der Waals surface area contributed by atoms with Crippen molar-refractivity contribution in [2.75, 3.05) is 44.7 Å². The van der Waals surface area contributed by atoms with Crippen LogP contribution in [0, 0.1) is 0 Å². The van der Waals surface area contributed by atoms with E-state index in [9.17, 15) is 4.79 Å². The minimum atomic E-state index is -1.02. The molecule has 0 amide bonds. The Morgan fingerprint density at radius 3 is 2.77 bits per heavy atom. The first-order chi connectivity index (χ1) is 10.5. The third-order valence-corrected chi connectivity index (χ3v) is 4.79. The Morgan fingerprint density at radius 1 is 1.41 bits per heavy atom. The van der Waals surface area contributed by atoms with E-state index in [1.165, 1.54) is 12.3 Å². The van der Waals surface area contributed by atoms with Gasteiger partial charge >= 0.3 is 5.97 Å². The number of carboxylic acid groups (broad SMARTS) is 1. The largest absolute Gasteiger partial charge is 0.478 e. The summed E-state index contributed by atoms with van der Waals surface area (Å²) in [7, 11) is 2.12. The Balaban J connectivity index is 1.79. The normalized spacial score (nSPS) is 22.0. The van der Waals surface area contributed by atoms with Gasteiger partial charge in [0.15, 0.2) is 0 Å². The quantitative estimate of drug-likeness (QED) is 0.893. The second kappa shape index (κ2) is 6.02. The van der Waals surface area contributed by atoms with Crippen LogP contribution in [0.1, 0.15) is 23.2 Å². The number of ether oxygens (including phenoxy) is 1. The first-order valence-electron chi connectivity index (χ1n) is 7.45. The Morgan fingerprint density at radius 2 is 2.14 bits per heavy atom. The number of piperidine rings is 1. The van der Waals surface area contributed by atoms with Gasteiger partial charge in [0.25, 0.3) is 0 Å². The molecule has 3 rings (SSSR count). The lowest BCUT2D eigenvalue weighted by molar-refractivity contribution is -0.0884. The van der Waals surface area contributed by atoms with Crippen molar-refractivity contribution in [3.63, 3.8) is 0 Å². The van der Waals surface area contributed by atoms with E-state index in [2.05, 4.69) is 21.8 Å². The van der Waals surface area contributed by atoms with Crippen molar-refractivity contribution in [1.82, 2.24) is 9.88 Å². The molecule has 0 bridgehead atoms. The predicted octanol–water partition coefficient (Wildman–Crippen LogP) is 1.73. The molecular weight excluding hydrogens is 306 g/mol. The Hall–Kier alpha value is -1.37. The number of hydrogen-bond donors (Lipinski definition) is 1. The Bertz CT molecular complexity index is 573. The van der Waals surface area contributed by atoms with Gasteiger partial charge in [-0.15, -0.1) is 0 Å². The van der Waals surface area contributed by atoms with Gasteiger partial charge in [-0.3, -0.25) is 0 Å². The minimum Gasteiger partial charge on any atom is -0.478 e. The summed E-state index contributed by atoms with van der Waals surface area (Å²) < 4.78 is 6.07. The number of morpholine rings is 1. The molecule has 120 valence electrons. The fourth-order valence-electron chi connectivity index (χ4n) is 3.13. The molecule has 22 heavy (non-hydrogen) atoms. The number of anilines is 1. The Kier molecular flexibility index (Phi) is 4.25. The number of aromatic nitrogens is 1. The van der Waals surface area contributed by atoms with Gasteiger partial charge in [-0.1, -0.05) is 11.6 Å². The Labute approximate surface area is 134 Å². The van der Waals surface area contributed by atoms with E-state index in [0.717, 1.165) is 39.0 Å². The van der Waals surface area contributed by atoms with Crippen LogP contribution >= 0.6 is 11.6 Å². The van der Waals surface area contributed by atoms with Crippen LogP contribution in [0.5, 0.6) is 0 Å². The van der Waals surface area contributed by atoms with Gasteiger partial charge in [-0.2, -0.15) is 0 Å². The highest BCUT2D eigenvalue weighted by Gasteiger charge is 2.39. The molecule has 2 saturated heterocycles. The molecule has 0 saturated carbocycles. The lowest BCUT2D eigenvalue weighted by atomic mass is 9.89. The topological polar surface area (TPSA) is 65.9 Å². The average Bonchev–Trinajstić information content (AvgIpc) is 2.50. The zero-order chi connectivity index (χ0) is 15.7. The number of pyridine rings is 1. The summed E-state index contributed by atoms with van der Waals surface area (Å²) in [6.45, 7) is 4.15. The van der Waals surface area contributed by atoms with Gasteiger partial charge in [-0.05, 0) is 26.0 Å². The molecule has 1 N–H and O–H groups in total. The van der Waals surface area contributed by atoms with Crippen molar-refractivity contribution in [2.45, 2.75) is 18.4 Å². The lowest BCUT2D eigenvalue weighted by Gasteiger charge is -2.47. The fraction of sp³-hybridized carbons (Fsp3) is 0.600. The van der Waals surface area contributed by atoms with Crippen LogP contribution in [0.3, 0.4) is 0 Å². The van der Waals surface area contributed by atoms with Gasteiger partial charge < -0.3 is 19.6 Å². The van der Waals surface area contributed by atoms with Gasteiger partial charge in [0.1, 0.15) is 5.82 Å². The van der Waals surface area contributed by atoms with E-state index in [4.69, 9.17) is 21.4 Å². The minimum absolute atomic E-state index is 0.107. The van der Waals surface area contributed by atoms with Crippen LogP contribution in [-0.2, 0) is 4.74 Å². The molecule has 3 heterocycles. The number of rotatable bonds is 2. The molecule has 0 aromatic carbocycles. The van der Waals surface area contributed by atoms with E-state index in [-0.39, 0.29) is 11.2 Å². The molecule has 0 unspecified atom stereocenters. The summed E-state index contributed by atoms with van der Waals surface area (Å²) in [5.74, 6) is -0.372. The summed E-state index contributed by atoms with van der Waals surface area (Å²) in [4.78, 5) is 19.7. The molecule has 1 aromatic rings. The van der Waals surface area contributed by atoms with E-state index >= 15 is 0 Å². The van der Waals surface area contributed by atoms with Gasteiger partial charge in [-0.25, -0.2) is 9.78 Å². The molecule has 7 heteroatoms. The SMILES string of the molecule is CN1CCC2(CC1)CN(c1ncc(C(=O)O)cc1Cl)CCO2. The molecule has 1 aromatic heterocycles. The third-order valence-electron chi connectivity index (χ3n) is 4.51. The standard InChI is InChI=1S/C15H20ClN3O3/c1-18-4-2-15(3-5-18)10-19(6-7-22-15)13-12(16)8-11(9-17-13)14(20)21/h8-9H,2-7,10H2,1H3,(H,20,21). The zero-order valence-corrected chi connectivity index (χ0v) is 13.3. The van der Waals surface area contributed by atoms with Crippen LogP contribution in [0.25, 0.3) is 0 Å². The summed E-state index contributed by atoms with van der Waals surface area (Å²) in [5, 5.41) is 9.38. The summed E-state index contributed by atoms with van der Waals surface area (Å²) in [6.07, 6.45) is 3.34. The lowest BCUT2D eigenvalue weighted by Crippen LogP contribution is -2.56. The van der Waals surface area contributed by atoms with E-state index in [0.29, 0.717) is 17.4 Å². The van der Waals surface area contributed by atoms with Crippen molar-refractivity contribution < 1.29 is 14.6 Å². The van der Waals surface area contributed by atoms with Crippen molar-refractivity contribution in [3.05, 3.63) is 22.8 Å². The van der Waals surface area contributed by atoms with Crippen LogP contribution in [0.4, 0.5) is 5.82 Å². The number of aromatic carboxylic acids is 1. The highest BCUT2D eigenvalue weighted by molar-refractivity contribution is 6.33. The number of hydrogen-bond acceptors (Lipinski definition) is 5. The fourth-order valence-corrected chi connectivity index (χ4v) is 3.42. The molecule has 6 nitrogen and oxygen atoms in total. The smallest absolute Gasteiger partial charge is 0.337 e. The van der Waals surface area contributed by atoms with Crippen molar-refractivity contribution in [2.24, 2.45) is 0 Å². The molecule has 0 radical (unpaired) electrons. The van der Waals surface area contributed by atoms with Crippen LogP contribution in [0.2, 0.25) is 5.02 Å². The van der Waals surface area contributed by atoms with Crippen LogP contribution < -0.4 is 4.90 Å². The maximum absolute atomic E-state index is 11.0. The van der Waals surface area contributed by atoms with Crippen LogP contribution in [0.15, 0.2) is 12.3 Å². The first kappa shape index (κ1) is 15.5. The molecule has 0 atom stereocenters. The van der Waals surface area contributed by atoms with Gasteiger partial charge in [0, 0.05) is 32.4 Å². The summed E-state index contributed by atoms with van der Waals surface area (Å²) in [5.41, 5.74) is -0.0302. The van der Waals surface area contributed by atoms with E-state index in [1.807, 2.05) is 0 Å². The highest BCUT2D eigenvalue weighted by atomic mass is 35.5. The van der Waals surface area contributed by atoms with E-state index in [1.54, 1.807) is 0 Å². The van der Waals surface area contributed by atoms with E-state index < -0.39 is 5.97 Å². The predicted molar refractivity (Wildman–Crippen MR) is 83.8 cm³/mol. The third kappa shape index (κ3) is 3.04. The number of carbonyl (C=O) groups is 1. The maximum atomic E-state index is 11.0. The summed E-state index contributed by atoms with van der Waals surface area (Å²) in [6, 6.07) is 1.46. The van der Waals surface area contributed by atoms with Gasteiger partial charge in [0.2, 0.25) is 0 Å². The molecule has 2 aliphatic rings. The number of halogens is 1. The molecule has 2 aliphatic heterocycles. The number of likely N-dealkylation sites (tertiary alicyclic amines) is 1. The highest BCUT2D eigenvalue weighted by Crippen LogP contribution is 2.33. The number of nitrogens with zero attached hydrogens (tertiary/aromatic N) is 3. The molecule has 0 aliphatic carbocycles. The van der Waals surface area contributed by atoms with Crippen LogP contribution in [-0.4, -0.2) is 66.4 Å². The van der Waals surface area contributed by atoms with Crippen molar-refractivity contribution in [3.8, 4) is 0 Å². The van der Waals surface area contributed by atoms with Crippen molar-refractivity contribution >= 4 is 23.4 Å². The second-order valence-corrected chi connectivity index (χ2v) is 6.50.